The van der Waals surface area contributed by atoms with Crippen molar-refractivity contribution < 1.29 is 18.0 Å². The number of rotatable bonds is 3. The van der Waals surface area contributed by atoms with Crippen LogP contribution in [0.15, 0.2) is 47.7 Å². The summed E-state index contributed by atoms with van der Waals surface area (Å²) in [6.45, 7) is 0.780. The van der Waals surface area contributed by atoms with E-state index in [9.17, 15) is 22.8 Å². The van der Waals surface area contributed by atoms with Gasteiger partial charge in [0.25, 0.3) is 5.56 Å². The first-order chi connectivity index (χ1) is 14.7. The molecule has 0 saturated carbocycles. The van der Waals surface area contributed by atoms with Crippen molar-refractivity contribution in [3.63, 3.8) is 0 Å². The van der Waals surface area contributed by atoms with Gasteiger partial charge in [-0.2, -0.15) is 13.2 Å². The zero-order valence-corrected chi connectivity index (χ0v) is 16.8. The molecule has 3 aromatic rings. The lowest BCUT2D eigenvalue weighted by atomic mass is 9.96. The Kier molecular flexibility index (Phi) is 5.57. The average Bonchev–Trinajstić information content (AvgIpc) is 2.75. The number of halogens is 4. The first kappa shape index (κ1) is 21.1. The quantitative estimate of drug-likeness (QED) is 0.659. The number of hydrogen-bond acceptors (Lipinski definition) is 5. The molecule has 162 valence electrons. The molecule has 11 heteroatoms. The monoisotopic (exact) mass is 451 g/mol. The van der Waals surface area contributed by atoms with Crippen LogP contribution >= 0.6 is 11.6 Å². The number of aromatic nitrogens is 3. The normalized spacial score (nSPS) is 15.3. The van der Waals surface area contributed by atoms with Gasteiger partial charge in [0, 0.05) is 25.2 Å². The third-order valence-electron chi connectivity index (χ3n) is 5.21. The highest BCUT2D eigenvalue weighted by Gasteiger charge is 2.33. The smallest absolute Gasteiger partial charge is 0.355 e. The number of amides is 1. The Morgan fingerprint density at radius 1 is 1.16 bits per heavy atom. The predicted octanol–water partition coefficient (Wildman–Crippen LogP) is 3.45. The summed E-state index contributed by atoms with van der Waals surface area (Å²) < 4.78 is 39.4. The number of anilines is 1. The molecular weight excluding hydrogens is 435 g/mol. The topological polar surface area (TPSA) is 80.1 Å². The van der Waals surface area contributed by atoms with E-state index in [1.807, 2.05) is 0 Å². The molecule has 0 spiro atoms. The van der Waals surface area contributed by atoms with Gasteiger partial charge in [-0.3, -0.25) is 15.0 Å². The van der Waals surface area contributed by atoms with Crippen LogP contribution in [0.1, 0.15) is 18.4 Å². The molecule has 1 aromatic carbocycles. The molecule has 0 bridgehead atoms. The fourth-order valence-corrected chi connectivity index (χ4v) is 3.82. The first-order valence-electron chi connectivity index (χ1n) is 9.49. The lowest BCUT2D eigenvalue weighted by molar-refractivity contribution is -0.137. The largest absolute Gasteiger partial charge is 0.417 e. The van der Waals surface area contributed by atoms with Gasteiger partial charge in [0.2, 0.25) is 5.91 Å². The van der Waals surface area contributed by atoms with Crippen LogP contribution in [0.2, 0.25) is 5.02 Å². The molecule has 1 aliphatic heterocycles. The van der Waals surface area contributed by atoms with E-state index in [1.54, 1.807) is 29.2 Å². The van der Waals surface area contributed by atoms with Crippen LogP contribution < -0.4 is 15.9 Å². The number of alkyl halides is 3. The number of hydrogen-bond donors (Lipinski definition) is 1. The van der Waals surface area contributed by atoms with E-state index in [2.05, 4.69) is 15.4 Å². The summed E-state index contributed by atoms with van der Waals surface area (Å²) >= 11 is 6.01. The van der Waals surface area contributed by atoms with E-state index in [0.29, 0.717) is 36.8 Å². The molecule has 2 aromatic heterocycles. The van der Waals surface area contributed by atoms with Gasteiger partial charge in [-0.1, -0.05) is 23.7 Å². The number of carbonyl (C=O) groups excluding carboxylic acids is 1. The minimum atomic E-state index is -4.52. The molecule has 4 rings (SSSR count). The van der Waals surface area contributed by atoms with E-state index < -0.39 is 11.7 Å². The molecule has 1 fully saturated rings. The number of para-hydroxylation sites is 1. The van der Waals surface area contributed by atoms with Gasteiger partial charge in [-0.05, 0) is 31.0 Å². The second-order valence-corrected chi connectivity index (χ2v) is 7.61. The molecule has 1 saturated heterocycles. The highest BCUT2D eigenvalue weighted by molar-refractivity contribution is 6.33. The number of pyridine rings is 1. The van der Waals surface area contributed by atoms with Crippen LogP contribution in [0.4, 0.5) is 19.0 Å². The summed E-state index contributed by atoms with van der Waals surface area (Å²) in [5.41, 5.74) is 1.82. The Bertz CT molecular complexity index is 1190. The van der Waals surface area contributed by atoms with Crippen molar-refractivity contribution in [3.8, 4) is 0 Å². The Labute approximate surface area is 179 Å². The Hall–Kier alpha value is -3.14. The van der Waals surface area contributed by atoms with Crippen molar-refractivity contribution in [2.75, 3.05) is 23.4 Å². The maximum atomic E-state index is 12.8. The van der Waals surface area contributed by atoms with Gasteiger partial charge in [0.15, 0.2) is 0 Å². The molecule has 0 radical (unpaired) electrons. The third-order valence-corrected chi connectivity index (χ3v) is 5.49. The number of nitrogens with one attached hydrogen (secondary N) is 1. The molecule has 3 heterocycles. The zero-order chi connectivity index (χ0) is 22.2. The van der Waals surface area contributed by atoms with Crippen molar-refractivity contribution in [2.24, 2.45) is 5.92 Å². The number of nitrogens with zero attached hydrogens (tertiary/aromatic N) is 4. The Balaban J connectivity index is 1.42. The Morgan fingerprint density at radius 3 is 2.55 bits per heavy atom. The van der Waals surface area contributed by atoms with Gasteiger partial charge in [0.05, 0.1) is 21.5 Å². The summed E-state index contributed by atoms with van der Waals surface area (Å²) in [4.78, 5) is 34.9. The molecule has 31 heavy (non-hydrogen) atoms. The Morgan fingerprint density at radius 2 is 1.87 bits per heavy atom. The summed E-state index contributed by atoms with van der Waals surface area (Å²) in [7, 11) is 0. The second kappa shape index (κ2) is 8.18. The molecule has 0 unspecified atom stereocenters. The SMILES string of the molecule is O=C(Nn1cnc2ccccc2c1=O)C1CCN(c2ncc(C(F)(F)F)cc2Cl)CC1. The van der Waals surface area contributed by atoms with Gasteiger partial charge < -0.3 is 4.90 Å². The molecule has 1 N–H and O–H groups in total. The van der Waals surface area contributed by atoms with E-state index >= 15 is 0 Å². The minimum Gasteiger partial charge on any atom is -0.355 e. The lowest BCUT2D eigenvalue weighted by Crippen LogP contribution is -2.42. The van der Waals surface area contributed by atoms with Crippen LogP contribution in [-0.2, 0) is 11.0 Å². The number of fused-ring (bicyclic) bond motifs is 1. The van der Waals surface area contributed by atoms with Crippen molar-refractivity contribution in [2.45, 2.75) is 19.0 Å². The second-order valence-electron chi connectivity index (χ2n) is 7.20. The summed E-state index contributed by atoms with van der Waals surface area (Å²) in [6, 6.07) is 7.67. The molecule has 0 atom stereocenters. The van der Waals surface area contributed by atoms with Crippen LogP contribution in [0.25, 0.3) is 10.9 Å². The summed E-state index contributed by atoms with van der Waals surface area (Å²) in [5, 5.41) is 0.301. The number of benzene rings is 1. The van der Waals surface area contributed by atoms with E-state index in [0.717, 1.165) is 16.9 Å². The van der Waals surface area contributed by atoms with Gasteiger partial charge in [-0.15, -0.1) is 0 Å². The third kappa shape index (κ3) is 4.34. The van der Waals surface area contributed by atoms with Gasteiger partial charge >= 0.3 is 6.18 Å². The predicted molar refractivity (Wildman–Crippen MR) is 110 cm³/mol. The van der Waals surface area contributed by atoms with Crippen molar-refractivity contribution in [1.29, 1.82) is 0 Å². The number of piperidine rings is 1. The maximum Gasteiger partial charge on any atom is 0.417 e. The van der Waals surface area contributed by atoms with Crippen LogP contribution in [-0.4, -0.2) is 33.6 Å². The lowest BCUT2D eigenvalue weighted by Gasteiger charge is -2.32. The van der Waals surface area contributed by atoms with Crippen molar-refractivity contribution in [3.05, 3.63) is 63.8 Å². The standard InChI is InChI=1S/C20H17ClF3N5O2/c21-15-9-13(20(22,23)24)10-25-17(15)28-7-5-12(6-8-28)18(30)27-29-11-26-16-4-2-1-3-14(16)19(29)31/h1-4,9-12H,5-8H2,(H,27,30). The van der Waals surface area contributed by atoms with Gasteiger partial charge in [0.1, 0.15) is 12.1 Å². The van der Waals surface area contributed by atoms with Gasteiger partial charge in [-0.25, -0.2) is 14.6 Å². The molecule has 1 aliphatic rings. The zero-order valence-electron chi connectivity index (χ0n) is 16.1. The molecule has 0 aliphatic carbocycles. The highest BCUT2D eigenvalue weighted by atomic mass is 35.5. The van der Waals surface area contributed by atoms with Crippen LogP contribution in [0, 0.1) is 5.92 Å². The van der Waals surface area contributed by atoms with E-state index in [-0.39, 0.29) is 28.2 Å². The summed E-state index contributed by atoms with van der Waals surface area (Å²) in [6.07, 6.45) is -1.64. The maximum absolute atomic E-state index is 12.8. The first-order valence-corrected chi connectivity index (χ1v) is 9.87. The molecular formula is C20H17ClF3N5O2. The van der Waals surface area contributed by atoms with Crippen LogP contribution in [0.3, 0.4) is 0 Å². The highest BCUT2D eigenvalue weighted by Crippen LogP contribution is 2.34. The van der Waals surface area contributed by atoms with Crippen molar-refractivity contribution >= 4 is 34.2 Å². The van der Waals surface area contributed by atoms with E-state index in [1.165, 1.54) is 6.33 Å². The fraction of sp³-hybridized carbons (Fsp3) is 0.300. The average molecular weight is 452 g/mol. The minimum absolute atomic E-state index is 0.0912. The molecule has 7 nitrogen and oxygen atoms in total. The fourth-order valence-electron chi connectivity index (χ4n) is 3.53. The number of carbonyl (C=O) groups is 1. The van der Waals surface area contributed by atoms with E-state index in [4.69, 9.17) is 11.6 Å². The summed E-state index contributed by atoms with van der Waals surface area (Å²) in [5.74, 6) is -0.448. The molecule has 1 amide bonds. The van der Waals surface area contributed by atoms with Crippen molar-refractivity contribution in [1.82, 2.24) is 14.6 Å². The van der Waals surface area contributed by atoms with Crippen LogP contribution in [0.5, 0.6) is 0 Å².